The van der Waals surface area contributed by atoms with E-state index >= 15 is 0 Å². The Morgan fingerprint density at radius 1 is 1.24 bits per heavy atom. The number of benzene rings is 1. The van der Waals surface area contributed by atoms with Crippen LogP contribution in [-0.4, -0.2) is 49.3 Å². The van der Waals surface area contributed by atoms with Crippen molar-refractivity contribution < 1.29 is 13.2 Å². The van der Waals surface area contributed by atoms with E-state index in [1.54, 1.807) is 0 Å². The maximum absolute atomic E-state index is 13.7. The third kappa shape index (κ3) is 6.08. The molecular weight excluding hydrogens is 450 g/mol. The number of aliphatic imine (C=N–C) groups is 1. The molecule has 0 aromatic heterocycles. The van der Waals surface area contributed by atoms with Gasteiger partial charge in [-0.1, -0.05) is 27.7 Å². The lowest BCUT2D eigenvalue weighted by molar-refractivity contribution is 0.124. The Kier molecular flexibility index (Phi) is 7.92. The standard InChI is InChI=1S/C26H40F2N4OSi/c1-9-22(33-34(7,8)26(3,4)5)16-21-17-25(29-19-10-11-23(27)24(28)15-19)30-32(21)20-12-13-31(6)18(2)14-20/h10-15,18,21-22H,9,16-17H2,1-8H3,(H,29,30)/t18?,21?,22-/m1/s1. The summed E-state index contributed by atoms with van der Waals surface area (Å²) >= 11 is 0. The normalized spacial score (nSPS) is 23.4. The van der Waals surface area contributed by atoms with Crippen LogP contribution in [-0.2, 0) is 4.43 Å². The average Bonchev–Trinajstić information content (AvgIpc) is 3.13. The molecule has 0 bridgehead atoms. The number of allylic oxidation sites excluding steroid dienone is 1. The van der Waals surface area contributed by atoms with Crippen LogP contribution in [0.25, 0.3) is 0 Å². The number of nitrogens with one attached hydrogen (secondary N) is 1. The molecule has 1 N–H and O–H groups in total. The van der Waals surface area contributed by atoms with Gasteiger partial charge in [0.1, 0.15) is 5.84 Å². The van der Waals surface area contributed by atoms with E-state index in [0.717, 1.165) is 36.5 Å². The monoisotopic (exact) mass is 490 g/mol. The average molecular weight is 491 g/mol. The van der Waals surface area contributed by atoms with Crippen molar-refractivity contribution in [3.05, 3.63) is 53.9 Å². The summed E-state index contributed by atoms with van der Waals surface area (Å²) in [5.41, 5.74) is 4.91. The van der Waals surface area contributed by atoms with Gasteiger partial charge in [-0.05, 0) is 62.2 Å². The van der Waals surface area contributed by atoms with E-state index in [4.69, 9.17) is 4.43 Å². The van der Waals surface area contributed by atoms with Gasteiger partial charge in [0.2, 0.25) is 0 Å². The second-order valence-electron chi connectivity index (χ2n) is 11.0. The molecule has 0 radical (unpaired) electrons. The maximum Gasteiger partial charge on any atom is 0.192 e. The van der Waals surface area contributed by atoms with Crippen LogP contribution in [0.1, 0.15) is 53.9 Å². The highest BCUT2D eigenvalue weighted by molar-refractivity contribution is 6.74. The van der Waals surface area contributed by atoms with Crippen molar-refractivity contribution in [2.24, 2.45) is 4.99 Å². The van der Waals surface area contributed by atoms with Crippen LogP contribution < -0.4 is 5.43 Å². The SMILES string of the molecule is CC[C@H](CC1CC(=Nc2ccc(F)c(F)c2)NN1C1=CC(C)N(C)C=C1)O[Si](C)(C)C(C)(C)C. The van der Waals surface area contributed by atoms with Crippen molar-refractivity contribution in [1.82, 2.24) is 15.3 Å². The van der Waals surface area contributed by atoms with Gasteiger partial charge in [0, 0.05) is 37.9 Å². The summed E-state index contributed by atoms with van der Waals surface area (Å²) in [6.07, 6.45) is 8.97. The topological polar surface area (TPSA) is 40.1 Å². The number of likely N-dealkylation sites (N-methyl/N-ethyl adjacent to an activating group) is 1. The Labute approximate surface area is 204 Å². The lowest BCUT2D eigenvalue weighted by atomic mass is 10.0. The summed E-state index contributed by atoms with van der Waals surface area (Å²) in [5, 5.41) is 2.30. The molecule has 5 nitrogen and oxygen atoms in total. The zero-order chi connectivity index (χ0) is 25.3. The van der Waals surface area contributed by atoms with Crippen LogP contribution in [0.15, 0.2) is 47.2 Å². The zero-order valence-electron chi connectivity index (χ0n) is 21.8. The molecule has 34 heavy (non-hydrogen) atoms. The van der Waals surface area contributed by atoms with Gasteiger partial charge in [0.15, 0.2) is 20.0 Å². The lowest BCUT2D eigenvalue weighted by Crippen LogP contribution is -2.46. The number of hydrazine groups is 1. The second kappa shape index (κ2) is 10.2. The lowest BCUT2D eigenvalue weighted by Gasteiger charge is -2.40. The van der Waals surface area contributed by atoms with E-state index in [-0.39, 0.29) is 23.2 Å². The van der Waals surface area contributed by atoms with Gasteiger partial charge < -0.3 is 9.33 Å². The van der Waals surface area contributed by atoms with E-state index in [1.807, 2.05) is 0 Å². The highest BCUT2D eigenvalue weighted by atomic mass is 28.4. The van der Waals surface area contributed by atoms with E-state index in [1.165, 1.54) is 6.07 Å². The molecular formula is C26H40F2N4OSi. The van der Waals surface area contributed by atoms with Crippen LogP contribution in [0, 0.1) is 11.6 Å². The first kappa shape index (κ1) is 26.4. The van der Waals surface area contributed by atoms with Gasteiger partial charge in [-0.25, -0.2) is 13.8 Å². The molecule has 2 aliphatic heterocycles. The second-order valence-corrected chi connectivity index (χ2v) is 15.7. The Hall–Kier alpha value is -2.19. The molecule has 3 atom stereocenters. The number of nitrogens with zero attached hydrogens (tertiary/aromatic N) is 3. The highest BCUT2D eigenvalue weighted by Crippen LogP contribution is 2.39. The summed E-state index contributed by atoms with van der Waals surface area (Å²) < 4.78 is 33.9. The molecule has 0 saturated carbocycles. The molecule has 1 saturated heterocycles. The Bertz CT molecular complexity index is 970. The van der Waals surface area contributed by atoms with Crippen molar-refractivity contribution in [3.63, 3.8) is 0 Å². The quantitative estimate of drug-likeness (QED) is 0.443. The molecule has 1 aromatic rings. The Balaban J connectivity index is 1.86. The van der Waals surface area contributed by atoms with Gasteiger partial charge >= 0.3 is 0 Å². The van der Waals surface area contributed by atoms with Crippen LogP contribution >= 0.6 is 0 Å². The van der Waals surface area contributed by atoms with Gasteiger partial charge in [0.05, 0.1) is 17.4 Å². The molecule has 2 heterocycles. The molecule has 0 spiro atoms. The van der Waals surface area contributed by atoms with Gasteiger partial charge in [-0.2, -0.15) is 0 Å². The van der Waals surface area contributed by atoms with Crippen molar-refractivity contribution in [3.8, 4) is 0 Å². The van der Waals surface area contributed by atoms with E-state index in [2.05, 4.69) is 93.4 Å². The van der Waals surface area contributed by atoms with E-state index in [0.29, 0.717) is 12.1 Å². The number of hydrogen-bond acceptors (Lipinski definition) is 4. The third-order valence-electron chi connectivity index (χ3n) is 7.28. The highest BCUT2D eigenvalue weighted by Gasteiger charge is 2.40. The van der Waals surface area contributed by atoms with Crippen LogP contribution in [0.4, 0.5) is 14.5 Å². The van der Waals surface area contributed by atoms with Crippen LogP contribution in [0.3, 0.4) is 0 Å². The first-order valence-electron chi connectivity index (χ1n) is 12.2. The van der Waals surface area contributed by atoms with E-state index in [9.17, 15) is 8.78 Å². The molecule has 188 valence electrons. The number of halogens is 2. The minimum Gasteiger partial charge on any atom is -0.414 e. The smallest absolute Gasteiger partial charge is 0.192 e. The Morgan fingerprint density at radius 3 is 2.53 bits per heavy atom. The first-order valence-corrected chi connectivity index (χ1v) is 15.1. The predicted octanol–water partition coefficient (Wildman–Crippen LogP) is 6.50. The van der Waals surface area contributed by atoms with E-state index < -0.39 is 20.0 Å². The summed E-state index contributed by atoms with van der Waals surface area (Å²) in [5.74, 6) is -1.03. The largest absolute Gasteiger partial charge is 0.414 e. The molecule has 2 unspecified atom stereocenters. The predicted molar refractivity (Wildman–Crippen MR) is 138 cm³/mol. The number of hydrogen-bond donors (Lipinski definition) is 1. The van der Waals surface area contributed by atoms with Crippen molar-refractivity contribution in [1.29, 1.82) is 0 Å². The third-order valence-corrected chi connectivity index (χ3v) is 11.8. The minimum absolute atomic E-state index is 0.130. The molecule has 0 amide bonds. The summed E-state index contributed by atoms with van der Waals surface area (Å²) in [4.78, 5) is 6.75. The van der Waals surface area contributed by atoms with Crippen molar-refractivity contribution in [2.45, 2.75) is 90.2 Å². The maximum atomic E-state index is 13.7. The van der Waals surface area contributed by atoms with Crippen molar-refractivity contribution in [2.75, 3.05) is 7.05 Å². The number of amidine groups is 1. The van der Waals surface area contributed by atoms with Gasteiger partial charge in [0.25, 0.3) is 0 Å². The zero-order valence-corrected chi connectivity index (χ0v) is 22.8. The summed E-state index contributed by atoms with van der Waals surface area (Å²) in [7, 11) is 0.141. The Morgan fingerprint density at radius 2 is 1.94 bits per heavy atom. The number of rotatable bonds is 7. The minimum atomic E-state index is -1.91. The summed E-state index contributed by atoms with van der Waals surface area (Å²) in [6.45, 7) is 15.7. The molecule has 8 heteroatoms. The molecule has 3 rings (SSSR count). The first-order chi connectivity index (χ1) is 15.8. The molecule has 0 aliphatic carbocycles. The summed E-state index contributed by atoms with van der Waals surface area (Å²) in [6, 6.07) is 4.14. The van der Waals surface area contributed by atoms with Gasteiger partial charge in [-0.15, -0.1) is 0 Å². The fourth-order valence-corrected chi connectivity index (χ4v) is 5.39. The molecule has 1 fully saturated rings. The van der Waals surface area contributed by atoms with Crippen molar-refractivity contribution >= 4 is 19.8 Å². The fraction of sp³-hybridized carbons (Fsp3) is 0.577. The van der Waals surface area contributed by atoms with Crippen LogP contribution in [0.2, 0.25) is 18.1 Å². The molecule has 1 aromatic carbocycles. The fourth-order valence-electron chi connectivity index (χ4n) is 3.94. The van der Waals surface area contributed by atoms with Gasteiger partial charge in [-0.3, -0.25) is 10.4 Å². The molecule has 2 aliphatic rings. The van der Waals surface area contributed by atoms with Crippen LogP contribution in [0.5, 0.6) is 0 Å².